The summed E-state index contributed by atoms with van der Waals surface area (Å²) in [6.45, 7) is 1.58. The Labute approximate surface area is 83.8 Å². The van der Waals surface area contributed by atoms with Crippen LogP contribution in [0.5, 0.6) is 0 Å². The van der Waals surface area contributed by atoms with Gasteiger partial charge >= 0.3 is 0 Å². The number of nitrogens with zero attached hydrogens (tertiary/aromatic N) is 2. The molecule has 0 amide bonds. The summed E-state index contributed by atoms with van der Waals surface area (Å²) < 4.78 is 11.0. The van der Waals surface area contributed by atoms with Crippen molar-refractivity contribution in [2.24, 2.45) is 0 Å². The second-order valence-corrected chi connectivity index (χ2v) is 3.78. The number of aromatic nitrogens is 2. The van der Waals surface area contributed by atoms with E-state index < -0.39 is 0 Å². The van der Waals surface area contributed by atoms with Crippen LogP contribution in [0.1, 0.15) is 24.7 Å². The predicted octanol–water partition coefficient (Wildman–Crippen LogP) is 1.57. The molecule has 1 aliphatic rings. The maximum Gasteiger partial charge on any atom is 0.232 e. The summed E-state index contributed by atoms with van der Waals surface area (Å²) in [5.74, 6) is 1.04. The second kappa shape index (κ2) is 3.69. The zero-order chi connectivity index (χ0) is 8.39. The molecule has 1 unspecified atom stereocenters. The van der Waals surface area contributed by atoms with Gasteiger partial charge in [-0.3, -0.25) is 0 Å². The van der Waals surface area contributed by atoms with Crippen molar-refractivity contribution in [2.45, 2.75) is 18.8 Å². The van der Waals surface area contributed by atoms with Crippen LogP contribution in [0.4, 0.5) is 0 Å². The van der Waals surface area contributed by atoms with Crippen LogP contribution in [0.2, 0.25) is 0 Å². The van der Waals surface area contributed by atoms with Crippen molar-refractivity contribution in [1.82, 2.24) is 10.1 Å². The summed E-state index contributed by atoms with van der Waals surface area (Å²) in [5.41, 5.74) is 0. The van der Waals surface area contributed by atoms with E-state index in [-0.39, 0.29) is 0 Å². The van der Waals surface area contributed by atoms with Gasteiger partial charge in [0.15, 0.2) is 0 Å². The second-order valence-electron chi connectivity index (χ2n) is 2.82. The number of halogens is 1. The first-order valence-electron chi connectivity index (χ1n) is 3.93. The third kappa shape index (κ3) is 1.77. The highest BCUT2D eigenvalue weighted by Crippen LogP contribution is 2.23. The molecule has 1 aromatic heterocycles. The van der Waals surface area contributed by atoms with E-state index in [1.165, 1.54) is 0 Å². The van der Waals surface area contributed by atoms with Crippen LogP contribution in [0.3, 0.4) is 0 Å². The topological polar surface area (TPSA) is 48.2 Å². The van der Waals surface area contributed by atoms with E-state index in [1.54, 1.807) is 0 Å². The Morgan fingerprint density at radius 1 is 1.50 bits per heavy atom. The van der Waals surface area contributed by atoms with Crippen molar-refractivity contribution in [3.8, 4) is 0 Å². The third-order valence-corrected chi connectivity index (χ3v) is 2.36. The van der Waals surface area contributed by atoms with Crippen LogP contribution in [0, 0.1) is 3.83 Å². The molecule has 0 radical (unpaired) electrons. The van der Waals surface area contributed by atoms with Crippen LogP contribution >= 0.6 is 22.6 Å². The van der Waals surface area contributed by atoms with Gasteiger partial charge < -0.3 is 9.26 Å². The fourth-order valence-electron chi connectivity index (χ4n) is 1.32. The quantitative estimate of drug-likeness (QED) is 0.733. The maximum atomic E-state index is 5.32. The minimum Gasteiger partial charge on any atom is -0.381 e. The molecule has 2 rings (SSSR count). The van der Waals surface area contributed by atoms with Gasteiger partial charge in [0.2, 0.25) is 9.72 Å². The van der Waals surface area contributed by atoms with Gasteiger partial charge in [-0.05, 0) is 12.8 Å². The molecule has 4 nitrogen and oxygen atoms in total. The van der Waals surface area contributed by atoms with E-state index in [1.807, 2.05) is 22.6 Å². The Morgan fingerprint density at radius 2 is 2.42 bits per heavy atom. The van der Waals surface area contributed by atoms with Gasteiger partial charge in [0.05, 0.1) is 12.5 Å². The Kier molecular flexibility index (Phi) is 2.60. The van der Waals surface area contributed by atoms with E-state index in [2.05, 4.69) is 10.1 Å². The fraction of sp³-hybridized carbons (Fsp3) is 0.714. The van der Waals surface area contributed by atoms with E-state index >= 15 is 0 Å². The van der Waals surface area contributed by atoms with Crippen molar-refractivity contribution in [3.05, 3.63) is 9.72 Å². The van der Waals surface area contributed by atoms with Crippen molar-refractivity contribution < 1.29 is 9.26 Å². The summed E-state index contributed by atoms with van der Waals surface area (Å²) in [5, 5.41) is 3.74. The van der Waals surface area contributed by atoms with Gasteiger partial charge in [0.25, 0.3) is 0 Å². The van der Waals surface area contributed by atoms with Crippen molar-refractivity contribution in [3.63, 3.8) is 0 Å². The summed E-state index contributed by atoms with van der Waals surface area (Å²) >= 11 is 2.04. The summed E-state index contributed by atoms with van der Waals surface area (Å²) in [6.07, 6.45) is 2.18. The lowest BCUT2D eigenvalue weighted by Gasteiger charge is -2.17. The van der Waals surface area contributed by atoms with Crippen molar-refractivity contribution in [1.29, 1.82) is 0 Å². The number of hydrogen-bond donors (Lipinski definition) is 0. The first-order valence-corrected chi connectivity index (χ1v) is 5.01. The van der Waals surface area contributed by atoms with E-state index in [0.717, 1.165) is 31.9 Å². The Morgan fingerprint density at radius 3 is 3.00 bits per heavy atom. The third-order valence-electron chi connectivity index (χ3n) is 1.93. The van der Waals surface area contributed by atoms with Gasteiger partial charge in [0, 0.05) is 29.2 Å². The lowest BCUT2D eigenvalue weighted by atomic mass is 10.0. The van der Waals surface area contributed by atoms with Gasteiger partial charge in [0.1, 0.15) is 0 Å². The van der Waals surface area contributed by atoms with Crippen molar-refractivity contribution >= 4 is 22.6 Å². The highest BCUT2D eigenvalue weighted by atomic mass is 127. The average molecular weight is 280 g/mol. The lowest BCUT2D eigenvalue weighted by molar-refractivity contribution is 0.0705. The fourth-order valence-corrected chi connectivity index (χ4v) is 1.65. The van der Waals surface area contributed by atoms with Crippen LogP contribution in [0.25, 0.3) is 0 Å². The molecule has 0 bridgehead atoms. The molecule has 1 atom stereocenters. The van der Waals surface area contributed by atoms with Crippen LogP contribution in [0.15, 0.2) is 4.52 Å². The summed E-state index contributed by atoms with van der Waals surface area (Å²) in [7, 11) is 0. The SMILES string of the molecule is Ic1noc(C2CCCOC2)n1. The molecule has 0 aliphatic carbocycles. The molecule has 1 saturated heterocycles. The zero-order valence-electron chi connectivity index (χ0n) is 6.49. The molecule has 0 aromatic carbocycles. The number of hydrogen-bond acceptors (Lipinski definition) is 4. The van der Waals surface area contributed by atoms with Crippen molar-refractivity contribution in [2.75, 3.05) is 13.2 Å². The molecule has 0 N–H and O–H groups in total. The normalized spacial score (nSPS) is 24.2. The Bertz CT molecular complexity index is 258. The molecule has 1 aromatic rings. The average Bonchev–Trinajstić information content (AvgIpc) is 2.54. The number of rotatable bonds is 1. The molecule has 1 fully saturated rings. The zero-order valence-corrected chi connectivity index (χ0v) is 8.65. The van der Waals surface area contributed by atoms with Gasteiger partial charge in [-0.15, -0.1) is 0 Å². The van der Waals surface area contributed by atoms with E-state index in [9.17, 15) is 0 Å². The molecule has 0 saturated carbocycles. The van der Waals surface area contributed by atoms with Crippen LogP contribution in [-0.2, 0) is 4.74 Å². The largest absolute Gasteiger partial charge is 0.381 e. The summed E-state index contributed by atoms with van der Waals surface area (Å²) in [4.78, 5) is 4.16. The highest BCUT2D eigenvalue weighted by molar-refractivity contribution is 14.1. The van der Waals surface area contributed by atoms with Gasteiger partial charge in [-0.2, -0.15) is 4.98 Å². The molecular weight excluding hydrogens is 271 g/mol. The van der Waals surface area contributed by atoms with Gasteiger partial charge in [-0.25, -0.2) is 0 Å². The first kappa shape index (κ1) is 8.43. The van der Waals surface area contributed by atoms with Gasteiger partial charge in [-0.1, -0.05) is 5.16 Å². The minimum atomic E-state index is 0.315. The molecule has 12 heavy (non-hydrogen) atoms. The number of ether oxygens (including phenoxy) is 1. The molecular formula is C7H9IN2O2. The monoisotopic (exact) mass is 280 g/mol. The predicted molar refractivity (Wildman–Crippen MR) is 49.8 cm³/mol. The minimum absolute atomic E-state index is 0.315. The lowest BCUT2D eigenvalue weighted by Crippen LogP contribution is -2.15. The summed E-state index contributed by atoms with van der Waals surface area (Å²) in [6, 6.07) is 0. The highest BCUT2D eigenvalue weighted by Gasteiger charge is 2.21. The Hall–Kier alpha value is -0.170. The molecule has 2 heterocycles. The molecule has 5 heteroatoms. The molecule has 66 valence electrons. The Balaban J connectivity index is 2.08. The van der Waals surface area contributed by atoms with E-state index in [4.69, 9.17) is 9.26 Å². The van der Waals surface area contributed by atoms with Crippen LogP contribution < -0.4 is 0 Å². The maximum absolute atomic E-state index is 5.32. The smallest absolute Gasteiger partial charge is 0.232 e. The first-order chi connectivity index (χ1) is 5.86. The van der Waals surface area contributed by atoms with Crippen LogP contribution in [-0.4, -0.2) is 23.4 Å². The van der Waals surface area contributed by atoms with E-state index in [0.29, 0.717) is 9.75 Å². The standard InChI is InChI=1S/C7H9IN2O2/c8-7-9-6(12-10-7)5-2-1-3-11-4-5/h5H,1-4H2. The molecule has 0 spiro atoms. The molecule has 1 aliphatic heterocycles.